The van der Waals surface area contributed by atoms with Crippen LogP contribution in [0.1, 0.15) is 0 Å². The van der Waals surface area contributed by atoms with Gasteiger partial charge in [0, 0.05) is 10.6 Å². The third kappa shape index (κ3) is 2.40. The van der Waals surface area contributed by atoms with Gasteiger partial charge < -0.3 is 4.42 Å². The minimum Gasteiger partial charge on any atom is -0.472 e. The van der Waals surface area contributed by atoms with Crippen LogP contribution in [0.4, 0.5) is 0 Å². The lowest BCUT2D eigenvalue weighted by Crippen LogP contribution is -1.94. The van der Waals surface area contributed by atoms with Gasteiger partial charge >= 0.3 is 0 Å². The maximum absolute atomic E-state index is 6.23. The Morgan fingerprint density at radius 2 is 1.60 bits per heavy atom. The van der Waals surface area contributed by atoms with Gasteiger partial charge in [0.25, 0.3) is 0 Å². The van der Waals surface area contributed by atoms with E-state index >= 15 is 0 Å². The average molecular weight is 326 g/mol. The summed E-state index contributed by atoms with van der Waals surface area (Å²) in [7, 11) is 0. The Morgan fingerprint density at radius 3 is 2.20 bits per heavy atom. The van der Waals surface area contributed by atoms with E-state index in [4.69, 9.17) is 39.2 Å². The fourth-order valence-corrected chi connectivity index (χ4v) is 2.64. The highest BCUT2D eigenvalue weighted by Crippen LogP contribution is 2.37. The van der Waals surface area contributed by atoms with E-state index in [2.05, 4.69) is 9.97 Å². The molecule has 0 aliphatic carbocycles. The number of furan rings is 1. The molecule has 0 radical (unpaired) electrons. The lowest BCUT2D eigenvalue weighted by molar-refractivity contribution is 0.568. The van der Waals surface area contributed by atoms with Gasteiger partial charge in [0.1, 0.15) is 16.6 Å². The highest BCUT2D eigenvalue weighted by Gasteiger charge is 2.16. The molecule has 1 aromatic carbocycles. The van der Waals surface area contributed by atoms with Gasteiger partial charge in [0.05, 0.1) is 17.4 Å². The zero-order chi connectivity index (χ0) is 14.1. The molecular weight excluding hydrogens is 319 g/mol. The van der Waals surface area contributed by atoms with Crippen molar-refractivity contribution in [1.29, 1.82) is 0 Å². The minimum absolute atomic E-state index is 0.245. The van der Waals surface area contributed by atoms with Crippen molar-refractivity contribution < 1.29 is 4.42 Å². The highest BCUT2D eigenvalue weighted by atomic mass is 35.5. The van der Waals surface area contributed by atoms with Crippen LogP contribution in [0.25, 0.3) is 22.5 Å². The van der Waals surface area contributed by atoms with E-state index in [1.807, 2.05) is 18.2 Å². The van der Waals surface area contributed by atoms with Crippen LogP contribution in [0, 0.1) is 0 Å². The Hall–Kier alpha value is -1.55. The van der Waals surface area contributed by atoms with Gasteiger partial charge in [0.2, 0.25) is 0 Å². The lowest BCUT2D eigenvalue weighted by atomic mass is 10.1. The van der Waals surface area contributed by atoms with Crippen molar-refractivity contribution in [3.63, 3.8) is 0 Å². The van der Waals surface area contributed by atoms with Crippen molar-refractivity contribution in [2.75, 3.05) is 0 Å². The molecule has 100 valence electrons. The maximum atomic E-state index is 6.23. The summed E-state index contributed by atoms with van der Waals surface area (Å²) in [6, 6.07) is 8.98. The molecule has 0 bridgehead atoms. The summed E-state index contributed by atoms with van der Waals surface area (Å²) < 4.78 is 5.00. The van der Waals surface area contributed by atoms with Crippen LogP contribution >= 0.6 is 34.8 Å². The zero-order valence-corrected chi connectivity index (χ0v) is 12.2. The second kappa shape index (κ2) is 5.44. The van der Waals surface area contributed by atoms with E-state index in [9.17, 15) is 0 Å². The van der Waals surface area contributed by atoms with Crippen LogP contribution in [-0.4, -0.2) is 9.97 Å². The summed E-state index contributed by atoms with van der Waals surface area (Å²) in [5.74, 6) is 0.407. The Balaban J connectivity index is 2.17. The number of benzene rings is 1. The van der Waals surface area contributed by atoms with Crippen molar-refractivity contribution in [3.8, 4) is 22.5 Å². The normalized spacial score (nSPS) is 10.8. The molecule has 20 heavy (non-hydrogen) atoms. The summed E-state index contributed by atoms with van der Waals surface area (Å²) in [4.78, 5) is 8.49. The van der Waals surface area contributed by atoms with Gasteiger partial charge in [-0.05, 0) is 12.1 Å². The van der Waals surface area contributed by atoms with Crippen LogP contribution in [0.5, 0.6) is 0 Å². The number of nitrogens with zero attached hydrogens (tertiary/aromatic N) is 2. The quantitative estimate of drug-likeness (QED) is 0.595. The molecular formula is C14H7Cl3N2O. The number of hydrogen-bond acceptors (Lipinski definition) is 3. The van der Waals surface area contributed by atoms with E-state index < -0.39 is 0 Å². The molecule has 3 aromatic rings. The van der Waals surface area contributed by atoms with Gasteiger partial charge in [0.15, 0.2) is 5.82 Å². The minimum atomic E-state index is 0.245. The Kier molecular flexibility index (Phi) is 3.66. The van der Waals surface area contributed by atoms with Crippen molar-refractivity contribution in [2.24, 2.45) is 0 Å². The fraction of sp³-hybridized carbons (Fsp3) is 0. The van der Waals surface area contributed by atoms with Crippen molar-refractivity contribution >= 4 is 34.8 Å². The summed E-state index contributed by atoms with van der Waals surface area (Å²) in [5, 5.41) is 1.03. The molecule has 0 spiro atoms. The molecule has 0 atom stereocenters. The van der Waals surface area contributed by atoms with Gasteiger partial charge in [-0.25, -0.2) is 9.97 Å². The SMILES string of the molecule is Clc1ccccc1-c1c(Cl)nc(-c2ccoc2)nc1Cl. The Morgan fingerprint density at radius 1 is 0.900 bits per heavy atom. The third-order valence-electron chi connectivity index (χ3n) is 2.74. The van der Waals surface area contributed by atoms with Crippen molar-refractivity contribution in [3.05, 3.63) is 58.2 Å². The summed E-state index contributed by atoms with van der Waals surface area (Å²) >= 11 is 18.6. The molecule has 0 unspecified atom stereocenters. The van der Waals surface area contributed by atoms with Crippen molar-refractivity contribution in [1.82, 2.24) is 9.97 Å². The molecule has 2 heterocycles. The van der Waals surface area contributed by atoms with E-state index in [0.29, 0.717) is 27.5 Å². The lowest BCUT2D eigenvalue weighted by Gasteiger charge is -2.09. The first-order chi connectivity index (χ1) is 9.66. The molecule has 0 aliphatic heterocycles. The number of aromatic nitrogens is 2. The number of hydrogen-bond donors (Lipinski definition) is 0. The number of rotatable bonds is 2. The Labute approximate surface area is 130 Å². The average Bonchev–Trinajstić information content (AvgIpc) is 2.94. The summed E-state index contributed by atoms with van der Waals surface area (Å²) in [6.45, 7) is 0. The van der Waals surface area contributed by atoms with Crippen molar-refractivity contribution in [2.45, 2.75) is 0 Å². The molecule has 0 N–H and O–H groups in total. The first-order valence-corrected chi connectivity index (χ1v) is 6.80. The summed E-state index contributed by atoms with van der Waals surface area (Å²) in [5.41, 5.74) is 1.92. The molecule has 3 rings (SSSR count). The van der Waals surface area contributed by atoms with Crippen LogP contribution in [0.2, 0.25) is 15.3 Å². The van der Waals surface area contributed by atoms with Gasteiger partial charge in [-0.15, -0.1) is 0 Å². The molecule has 0 aliphatic rings. The first-order valence-electron chi connectivity index (χ1n) is 5.67. The van der Waals surface area contributed by atoms with Crippen LogP contribution in [0.3, 0.4) is 0 Å². The number of halogens is 3. The fourth-order valence-electron chi connectivity index (χ4n) is 1.81. The predicted molar refractivity (Wildman–Crippen MR) is 80.2 cm³/mol. The topological polar surface area (TPSA) is 38.9 Å². The van der Waals surface area contributed by atoms with Gasteiger partial charge in [-0.2, -0.15) is 0 Å². The molecule has 2 aromatic heterocycles. The molecule has 6 heteroatoms. The largest absolute Gasteiger partial charge is 0.472 e. The van der Waals surface area contributed by atoms with E-state index in [-0.39, 0.29) is 10.3 Å². The van der Waals surface area contributed by atoms with E-state index in [1.54, 1.807) is 12.1 Å². The van der Waals surface area contributed by atoms with E-state index in [1.165, 1.54) is 12.5 Å². The monoisotopic (exact) mass is 324 g/mol. The first kappa shape index (κ1) is 13.4. The molecule has 0 amide bonds. The summed E-state index contributed by atoms with van der Waals surface area (Å²) in [6.07, 6.45) is 3.06. The standard InChI is InChI=1S/C14H7Cl3N2O/c15-10-4-2-1-3-9(10)11-12(16)18-14(19-13(11)17)8-5-6-20-7-8/h1-7H. The smallest absolute Gasteiger partial charge is 0.165 e. The predicted octanol–water partition coefficient (Wildman–Crippen LogP) is 5.36. The van der Waals surface area contributed by atoms with Crippen LogP contribution in [0.15, 0.2) is 47.3 Å². The second-order valence-electron chi connectivity index (χ2n) is 4.00. The van der Waals surface area contributed by atoms with E-state index in [0.717, 1.165) is 0 Å². The molecule has 0 saturated heterocycles. The van der Waals surface area contributed by atoms with Gasteiger partial charge in [-0.1, -0.05) is 53.0 Å². The highest BCUT2D eigenvalue weighted by molar-refractivity contribution is 6.40. The second-order valence-corrected chi connectivity index (χ2v) is 5.12. The van der Waals surface area contributed by atoms with Crippen LogP contribution in [-0.2, 0) is 0 Å². The molecule has 3 nitrogen and oxygen atoms in total. The molecule has 0 saturated carbocycles. The van der Waals surface area contributed by atoms with Crippen LogP contribution < -0.4 is 0 Å². The zero-order valence-electron chi connectivity index (χ0n) is 9.98. The van der Waals surface area contributed by atoms with Gasteiger partial charge in [-0.3, -0.25) is 0 Å². The maximum Gasteiger partial charge on any atom is 0.165 e. The Bertz CT molecular complexity index is 734. The molecule has 0 fully saturated rings. The third-order valence-corrected chi connectivity index (χ3v) is 3.62.